The minimum absolute atomic E-state index is 0.378. The highest BCUT2D eigenvalue weighted by atomic mass is 16.5. The number of benzene rings is 1. The summed E-state index contributed by atoms with van der Waals surface area (Å²) in [6.45, 7) is 17.2. The Morgan fingerprint density at radius 2 is 1.93 bits per heavy atom. The van der Waals surface area contributed by atoms with Crippen molar-refractivity contribution in [2.75, 3.05) is 6.61 Å². The van der Waals surface area contributed by atoms with E-state index in [1.807, 2.05) is 88.2 Å². The van der Waals surface area contributed by atoms with Crippen LogP contribution in [-0.4, -0.2) is 38.7 Å². The number of nitrogens with zero attached hydrogens (tertiary/aromatic N) is 5. The number of H-pyrrole nitrogens is 1. The number of aromatic amines is 1. The maximum atomic E-state index is 11.6. The molecule has 0 saturated carbocycles. The zero-order valence-corrected chi connectivity index (χ0v) is 25.9. The summed E-state index contributed by atoms with van der Waals surface area (Å²) < 4.78 is 10.4. The monoisotopic (exact) mass is 580 g/mol. The quantitative estimate of drug-likeness (QED) is 0.175. The molecule has 0 saturated heterocycles. The summed E-state index contributed by atoms with van der Waals surface area (Å²) in [5, 5.41) is 3.86. The van der Waals surface area contributed by atoms with E-state index in [0.717, 1.165) is 75.8 Å². The van der Waals surface area contributed by atoms with Gasteiger partial charge in [0.1, 0.15) is 17.4 Å². The molecule has 9 nitrogen and oxygen atoms in total. The highest BCUT2D eigenvalue weighted by molar-refractivity contribution is 5.88. The van der Waals surface area contributed by atoms with E-state index in [-0.39, 0.29) is 0 Å². The molecule has 3 heterocycles. The third kappa shape index (κ3) is 7.35. The Kier molecular flexibility index (Phi) is 10.4. The Morgan fingerprint density at radius 1 is 1.16 bits per heavy atom. The van der Waals surface area contributed by atoms with Crippen LogP contribution in [0.15, 0.2) is 109 Å². The van der Waals surface area contributed by atoms with E-state index < -0.39 is 5.76 Å². The molecule has 0 amide bonds. The van der Waals surface area contributed by atoms with Crippen molar-refractivity contribution in [3.05, 3.63) is 106 Å². The lowest BCUT2D eigenvalue weighted by Gasteiger charge is -2.33. The van der Waals surface area contributed by atoms with Crippen LogP contribution in [0.3, 0.4) is 0 Å². The first-order valence-electron chi connectivity index (χ1n) is 14.6. The number of amidine groups is 1. The van der Waals surface area contributed by atoms with Crippen LogP contribution in [-0.2, 0) is 11.2 Å². The number of ether oxygens (including phenoxy) is 1. The molecule has 0 spiro atoms. The summed E-state index contributed by atoms with van der Waals surface area (Å²) in [5.41, 5.74) is 7.40. The number of hydrogen-bond acceptors (Lipinski definition) is 8. The number of aliphatic imine (C=N–C) groups is 2. The van der Waals surface area contributed by atoms with E-state index >= 15 is 0 Å². The van der Waals surface area contributed by atoms with E-state index in [0.29, 0.717) is 24.6 Å². The maximum absolute atomic E-state index is 11.6. The lowest BCUT2D eigenvalue weighted by atomic mass is 9.97. The molecule has 0 fully saturated rings. The van der Waals surface area contributed by atoms with Gasteiger partial charge in [-0.15, -0.1) is 0 Å². The van der Waals surface area contributed by atoms with Gasteiger partial charge in [-0.05, 0) is 70.7 Å². The van der Waals surface area contributed by atoms with Gasteiger partial charge in [-0.25, -0.2) is 14.8 Å². The number of pyridine rings is 1. The minimum Gasteiger partial charge on any atom is -0.493 e. The van der Waals surface area contributed by atoms with Crippen LogP contribution < -0.4 is 5.76 Å². The minimum atomic E-state index is -0.594. The zero-order chi connectivity index (χ0) is 30.9. The van der Waals surface area contributed by atoms with Crippen LogP contribution in [0.4, 0.5) is 0 Å². The third-order valence-corrected chi connectivity index (χ3v) is 7.04. The average molecular weight is 581 g/mol. The molecule has 0 unspecified atom stereocenters. The third-order valence-electron chi connectivity index (χ3n) is 7.04. The molecule has 224 valence electrons. The topological polar surface area (TPSA) is 109 Å². The van der Waals surface area contributed by atoms with E-state index in [1.165, 1.54) is 0 Å². The van der Waals surface area contributed by atoms with Gasteiger partial charge in [-0.3, -0.25) is 19.4 Å². The van der Waals surface area contributed by atoms with Crippen LogP contribution in [0.5, 0.6) is 0 Å². The highest BCUT2D eigenvalue weighted by Gasteiger charge is 2.27. The van der Waals surface area contributed by atoms with E-state index in [9.17, 15) is 4.79 Å². The van der Waals surface area contributed by atoms with Gasteiger partial charge in [-0.1, -0.05) is 55.4 Å². The molecule has 0 radical (unpaired) electrons. The van der Waals surface area contributed by atoms with Crippen LogP contribution >= 0.6 is 0 Å². The predicted octanol–water partition coefficient (Wildman–Crippen LogP) is 7.59. The fourth-order valence-corrected chi connectivity index (χ4v) is 4.90. The summed E-state index contributed by atoms with van der Waals surface area (Å²) >= 11 is 0. The number of unbranched alkanes of at least 4 members (excludes halogenated alkanes) is 1. The summed E-state index contributed by atoms with van der Waals surface area (Å²) in [4.78, 5) is 30.9. The van der Waals surface area contributed by atoms with Crippen molar-refractivity contribution in [1.29, 1.82) is 0 Å². The first-order chi connectivity index (χ1) is 20.8. The van der Waals surface area contributed by atoms with Crippen LogP contribution in [0.2, 0.25) is 0 Å². The lowest BCUT2D eigenvalue weighted by Crippen LogP contribution is -2.32. The van der Waals surface area contributed by atoms with Gasteiger partial charge in [-0.2, -0.15) is 0 Å². The molecule has 1 aliphatic heterocycles. The molecule has 3 aromatic rings. The van der Waals surface area contributed by atoms with Gasteiger partial charge in [0.2, 0.25) is 0 Å². The average Bonchev–Trinajstić information content (AvgIpc) is 3.44. The molecule has 9 heteroatoms. The molecule has 0 bridgehead atoms. The molecule has 43 heavy (non-hydrogen) atoms. The molecule has 1 N–H and O–H groups in total. The van der Waals surface area contributed by atoms with Crippen molar-refractivity contribution in [2.24, 2.45) is 9.98 Å². The van der Waals surface area contributed by atoms with Crippen molar-refractivity contribution in [3.8, 4) is 22.5 Å². The van der Waals surface area contributed by atoms with Gasteiger partial charge in [0, 0.05) is 46.4 Å². The van der Waals surface area contributed by atoms with Crippen molar-refractivity contribution < 1.29 is 9.26 Å². The second-order valence-electron chi connectivity index (χ2n) is 10.4. The van der Waals surface area contributed by atoms with Crippen molar-refractivity contribution in [3.63, 3.8) is 0 Å². The smallest absolute Gasteiger partial charge is 0.439 e. The first-order valence-corrected chi connectivity index (χ1v) is 14.6. The van der Waals surface area contributed by atoms with E-state index in [4.69, 9.17) is 24.2 Å². The lowest BCUT2D eigenvalue weighted by molar-refractivity contribution is 0.250. The molecule has 0 aliphatic carbocycles. The molecular formula is C34H40N6O3. The molecule has 1 aromatic carbocycles. The van der Waals surface area contributed by atoms with Gasteiger partial charge < -0.3 is 4.74 Å². The normalized spacial score (nSPS) is 14.0. The number of aromatic nitrogens is 3. The standard InChI is InChI=1S/C34H40N6O3/c1-8-11-16-31-30(23(6)40(24(7)37-31)33(22(4)5)36-21-27(9-2)42-10-3)19-26-18-17-25(20-35-26)28-14-12-13-15-29(28)32-38-34(41)43-39-32/h9,12-15,17-18,20-21H,6,8,10-11,16,19H2,1-5,7H3,(H,38,39,41)/b27-9+,36-21-. The van der Waals surface area contributed by atoms with Gasteiger partial charge in [0.15, 0.2) is 5.82 Å². The van der Waals surface area contributed by atoms with Crippen molar-refractivity contribution in [2.45, 2.75) is 67.2 Å². The molecular weight excluding hydrogens is 540 g/mol. The molecule has 1 aliphatic rings. The van der Waals surface area contributed by atoms with Gasteiger partial charge >= 0.3 is 5.76 Å². The second kappa shape index (κ2) is 14.4. The Morgan fingerprint density at radius 3 is 2.53 bits per heavy atom. The maximum Gasteiger partial charge on any atom is 0.439 e. The molecule has 2 aromatic heterocycles. The number of rotatable bonds is 12. The van der Waals surface area contributed by atoms with E-state index in [2.05, 4.69) is 23.6 Å². The fourth-order valence-electron chi connectivity index (χ4n) is 4.90. The zero-order valence-electron chi connectivity index (χ0n) is 25.9. The van der Waals surface area contributed by atoms with E-state index in [1.54, 1.807) is 6.21 Å². The Balaban J connectivity index is 1.67. The van der Waals surface area contributed by atoms with Crippen LogP contribution in [0.25, 0.3) is 22.5 Å². The SMILES string of the molecule is C=C1C(Cc2ccc(-c3ccccc3-c3noc(=O)[nH]3)cn2)=C(CCCC)N=C(C)N1C(/N=C\C(=C/C)OCC)=C(C)C. The number of allylic oxidation sites excluding steroid dienone is 5. The summed E-state index contributed by atoms with van der Waals surface area (Å²) in [5.74, 6) is 2.09. The predicted molar refractivity (Wildman–Crippen MR) is 172 cm³/mol. The second-order valence-corrected chi connectivity index (χ2v) is 10.4. The summed E-state index contributed by atoms with van der Waals surface area (Å²) in [7, 11) is 0. The Bertz CT molecular complexity index is 1660. The number of nitrogens with one attached hydrogen (secondary N) is 1. The molecule has 0 atom stereocenters. The first kappa shape index (κ1) is 31.2. The van der Waals surface area contributed by atoms with Crippen LogP contribution in [0.1, 0.15) is 66.5 Å². The summed E-state index contributed by atoms with van der Waals surface area (Å²) in [6, 6.07) is 11.7. The fraction of sp³-hybridized carbons (Fsp3) is 0.324. The van der Waals surface area contributed by atoms with Crippen LogP contribution in [0, 0.1) is 0 Å². The Labute approximate surface area is 253 Å². The Hall–Kier alpha value is -4.79. The summed E-state index contributed by atoms with van der Waals surface area (Å²) in [6.07, 6.45) is 9.01. The number of hydrogen-bond donors (Lipinski definition) is 1. The van der Waals surface area contributed by atoms with Crippen molar-refractivity contribution in [1.82, 2.24) is 20.0 Å². The molecule has 4 rings (SSSR count). The van der Waals surface area contributed by atoms with Gasteiger partial charge in [0.05, 0.1) is 12.8 Å². The largest absolute Gasteiger partial charge is 0.493 e. The van der Waals surface area contributed by atoms with Crippen molar-refractivity contribution >= 4 is 12.1 Å². The van der Waals surface area contributed by atoms with Gasteiger partial charge in [0.25, 0.3) is 0 Å². The highest BCUT2D eigenvalue weighted by Crippen LogP contribution is 2.34.